The molecule has 0 saturated heterocycles. The molecule has 2 aliphatic carbocycles. The summed E-state index contributed by atoms with van der Waals surface area (Å²) in [6.07, 6.45) is 14.7. The smallest absolute Gasteiger partial charge is 0.269 e. The van der Waals surface area contributed by atoms with Gasteiger partial charge < -0.3 is 19.3 Å². The maximum atomic E-state index is 13.2. The number of nitrogens with zero attached hydrogens (tertiary/aromatic N) is 8. The zero-order chi connectivity index (χ0) is 47.7. The van der Waals surface area contributed by atoms with Gasteiger partial charge in [0.1, 0.15) is 24.3 Å². The number of anilines is 2. The van der Waals surface area contributed by atoms with Crippen molar-refractivity contribution < 1.29 is 30.5 Å². The first kappa shape index (κ1) is 50.5. The van der Waals surface area contributed by atoms with Crippen LogP contribution >= 0.6 is 11.8 Å². The first-order chi connectivity index (χ1) is 32.2. The molecule has 67 heavy (non-hydrogen) atoms. The molecular formula is C48H64N8O7S4. The van der Waals surface area contributed by atoms with Crippen LogP contribution in [-0.4, -0.2) is 126 Å². The van der Waals surface area contributed by atoms with Crippen molar-refractivity contribution in [2.24, 2.45) is 11.8 Å². The lowest BCUT2D eigenvalue weighted by molar-refractivity contribution is 0.218. The van der Waals surface area contributed by atoms with Crippen LogP contribution in [0.2, 0.25) is 0 Å². The Labute approximate surface area is 402 Å². The van der Waals surface area contributed by atoms with E-state index < -0.39 is 30.8 Å². The van der Waals surface area contributed by atoms with Crippen molar-refractivity contribution in [1.29, 1.82) is 0 Å². The van der Waals surface area contributed by atoms with E-state index in [9.17, 15) is 21.0 Å². The molecule has 0 bridgehead atoms. The Balaban J connectivity index is 0.000000199. The summed E-state index contributed by atoms with van der Waals surface area (Å²) >= 11 is 1.98. The van der Waals surface area contributed by atoms with Gasteiger partial charge in [-0.15, -0.1) is 0 Å². The monoisotopic (exact) mass is 992 g/mol. The number of fused-ring (bicyclic) bond motifs is 2. The third kappa shape index (κ3) is 11.9. The molecule has 2 aromatic carbocycles. The molecule has 2 aliphatic rings. The molecule has 4 aromatic heterocycles. The van der Waals surface area contributed by atoms with Gasteiger partial charge in [0.05, 0.1) is 33.8 Å². The van der Waals surface area contributed by atoms with Crippen molar-refractivity contribution in [1.82, 2.24) is 27.9 Å². The maximum Gasteiger partial charge on any atom is 0.269 e. The Kier molecular flexibility index (Phi) is 17.2. The number of rotatable bonds is 18. The molecule has 362 valence electrons. The largest absolute Gasteiger partial charge is 0.384 e. The number of ether oxygens (including phenoxy) is 2. The minimum atomic E-state index is -3.76. The van der Waals surface area contributed by atoms with Gasteiger partial charge in [-0.2, -0.15) is 11.8 Å². The summed E-state index contributed by atoms with van der Waals surface area (Å²) in [6, 6.07) is 18.0. The highest BCUT2D eigenvalue weighted by Crippen LogP contribution is 2.35. The molecule has 0 aliphatic heterocycles. The summed E-state index contributed by atoms with van der Waals surface area (Å²) in [4.78, 5) is 22.5. The molecule has 6 aromatic rings. The summed E-state index contributed by atoms with van der Waals surface area (Å²) in [5.41, 5.74) is 2.80. The van der Waals surface area contributed by atoms with E-state index in [1.54, 1.807) is 81.2 Å². The van der Waals surface area contributed by atoms with Gasteiger partial charge in [0, 0.05) is 80.9 Å². The highest BCUT2D eigenvalue weighted by Gasteiger charge is 2.30. The number of hydrogen-bond donors (Lipinski definition) is 0. The summed E-state index contributed by atoms with van der Waals surface area (Å²) in [5.74, 6) is 6.31. The van der Waals surface area contributed by atoms with E-state index in [1.165, 1.54) is 39.2 Å². The first-order valence-electron chi connectivity index (χ1n) is 22.9. The van der Waals surface area contributed by atoms with E-state index in [2.05, 4.69) is 36.8 Å². The van der Waals surface area contributed by atoms with E-state index in [0.717, 1.165) is 90.7 Å². The molecule has 1 atom stereocenters. The zero-order valence-corrected chi connectivity index (χ0v) is 42.6. The Hall–Kier alpha value is -4.40. The fourth-order valence-corrected chi connectivity index (χ4v) is 14.2. The molecule has 2 saturated carbocycles. The highest BCUT2D eigenvalue weighted by atomic mass is 32.2. The second-order valence-corrected chi connectivity index (χ2v) is 24.1. The van der Waals surface area contributed by atoms with Gasteiger partial charge in [0.15, 0.2) is 11.3 Å². The number of thioether (sulfide) groups is 1. The van der Waals surface area contributed by atoms with Crippen LogP contribution in [-0.2, 0) is 40.3 Å². The van der Waals surface area contributed by atoms with Gasteiger partial charge in [-0.3, -0.25) is 4.21 Å². The first-order valence-corrected chi connectivity index (χ1v) is 28.4. The van der Waals surface area contributed by atoms with Crippen LogP contribution < -0.4 is 9.80 Å². The Bertz CT molecular complexity index is 2800. The maximum absolute atomic E-state index is 13.2. The van der Waals surface area contributed by atoms with Crippen molar-refractivity contribution in [3.05, 3.63) is 96.8 Å². The predicted octanol–water partition coefficient (Wildman–Crippen LogP) is 7.72. The Morgan fingerprint density at radius 2 is 1.06 bits per heavy atom. The Morgan fingerprint density at radius 1 is 0.627 bits per heavy atom. The second-order valence-electron chi connectivity index (χ2n) is 17.7. The minimum absolute atomic E-state index is 0.227. The molecule has 4 heterocycles. The van der Waals surface area contributed by atoms with Crippen LogP contribution in [0.1, 0.15) is 62.5 Å². The third-order valence-electron chi connectivity index (χ3n) is 13.1. The molecule has 19 heteroatoms. The van der Waals surface area contributed by atoms with E-state index in [-0.39, 0.29) is 9.79 Å². The topological polar surface area (TPSA) is 172 Å². The number of aryl methyl sites for hydroxylation is 2. The summed E-state index contributed by atoms with van der Waals surface area (Å²) in [5, 5.41) is 1.47. The van der Waals surface area contributed by atoms with Gasteiger partial charge >= 0.3 is 0 Å². The van der Waals surface area contributed by atoms with Crippen molar-refractivity contribution in [3.63, 3.8) is 0 Å². The standard InChI is InChI=1S/C24H32N4O4S2.C24H32N4O3S2/c1-18-4-10-21(11-5-18)34(30,31)28-13-12-22-23(25-17-26-24(22)28)27(2)20-8-6-19(7-9-20)16-33(29)15-14-32-3;1-18-4-10-21(11-5-18)33(29,30)28-13-12-22-23(25-17-26-24(22)28)27(2)20-8-6-19(7-9-20)16-32-15-14-31-3/h4-5,10-13,17,19-20H,6-9,14-16H2,1-3H3;4-5,10-13,17,19-20H,6-9,14-16H2,1-3H3. The number of aromatic nitrogens is 6. The van der Waals surface area contributed by atoms with Gasteiger partial charge in [0.25, 0.3) is 20.0 Å². The van der Waals surface area contributed by atoms with E-state index >= 15 is 0 Å². The predicted molar refractivity (Wildman–Crippen MR) is 270 cm³/mol. The molecule has 2 fully saturated rings. The Morgan fingerprint density at radius 3 is 1.49 bits per heavy atom. The molecular weight excluding hydrogens is 929 g/mol. The molecule has 8 rings (SSSR count). The summed E-state index contributed by atoms with van der Waals surface area (Å²) in [6.45, 7) is 5.20. The van der Waals surface area contributed by atoms with Crippen molar-refractivity contribution in [3.8, 4) is 0 Å². The SMILES string of the molecule is COCCS(=O)CC1CCC(N(C)c2ncnc3c2ccn3S(=O)(=O)c2ccc(C)cc2)CC1.COCCSCC1CCC(N(C)c2ncnc3c2ccn3S(=O)(=O)c2ccc(C)cc2)CC1. The number of benzene rings is 2. The lowest BCUT2D eigenvalue weighted by Crippen LogP contribution is -2.36. The molecule has 15 nitrogen and oxygen atoms in total. The van der Waals surface area contributed by atoms with Gasteiger partial charge in [-0.25, -0.2) is 44.7 Å². The average Bonchev–Trinajstić information content (AvgIpc) is 3.99. The van der Waals surface area contributed by atoms with E-state index in [0.29, 0.717) is 47.0 Å². The lowest BCUT2D eigenvalue weighted by atomic mass is 9.86. The van der Waals surface area contributed by atoms with Crippen molar-refractivity contribution in [2.45, 2.75) is 87.1 Å². The van der Waals surface area contributed by atoms with Crippen molar-refractivity contribution in [2.75, 3.05) is 74.3 Å². The molecule has 0 radical (unpaired) electrons. The normalized spacial score (nSPS) is 19.5. The summed E-state index contributed by atoms with van der Waals surface area (Å²) < 4.78 is 77.9. The van der Waals surface area contributed by atoms with Gasteiger partial charge in [0.2, 0.25) is 0 Å². The fourth-order valence-electron chi connectivity index (χ4n) is 9.09. The summed E-state index contributed by atoms with van der Waals surface area (Å²) in [7, 11) is -0.876. The molecule has 0 N–H and O–H groups in total. The van der Waals surface area contributed by atoms with Crippen LogP contribution in [0.15, 0.2) is 95.5 Å². The molecule has 0 amide bonds. The number of methoxy groups -OCH3 is 2. The van der Waals surface area contributed by atoms with Gasteiger partial charge in [-0.1, -0.05) is 35.4 Å². The molecule has 0 spiro atoms. The lowest BCUT2D eigenvalue weighted by Gasteiger charge is -2.35. The van der Waals surface area contributed by atoms with E-state index in [1.807, 2.05) is 38.7 Å². The van der Waals surface area contributed by atoms with Crippen LogP contribution in [0.3, 0.4) is 0 Å². The van der Waals surface area contributed by atoms with Crippen molar-refractivity contribution >= 4 is 76.3 Å². The number of hydrogen-bond acceptors (Lipinski definition) is 14. The zero-order valence-electron chi connectivity index (χ0n) is 39.4. The van der Waals surface area contributed by atoms with Crippen LogP contribution in [0.5, 0.6) is 0 Å². The van der Waals surface area contributed by atoms with Gasteiger partial charge in [-0.05, 0) is 119 Å². The quantitative estimate of drug-likeness (QED) is 0.0767. The van der Waals surface area contributed by atoms with Crippen LogP contribution in [0.25, 0.3) is 22.1 Å². The second kappa shape index (κ2) is 22.8. The third-order valence-corrected chi connectivity index (χ3v) is 19.1. The van der Waals surface area contributed by atoms with Crippen LogP contribution in [0, 0.1) is 25.7 Å². The van der Waals surface area contributed by atoms with E-state index in [4.69, 9.17) is 9.47 Å². The highest BCUT2D eigenvalue weighted by molar-refractivity contribution is 7.99. The minimum Gasteiger partial charge on any atom is -0.384 e. The molecule has 1 unspecified atom stereocenters. The van der Waals surface area contributed by atoms with Crippen LogP contribution in [0.4, 0.5) is 11.6 Å². The fraction of sp³-hybridized carbons (Fsp3) is 0.500. The average molecular weight is 993 g/mol.